The Hall–Kier alpha value is -0.120. The van der Waals surface area contributed by atoms with E-state index in [-0.39, 0.29) is 5.48 Å². The van der Waals surface area contributed by atoms with E-state index >= 15 is 0 Å². The number of hydrogen-bond donors (Lipinski definition) is 1. The van der Waals surface area contributed by atoms with Crippen molar-refractivity contribution in [2.24, 2.45) is 0 Å². The summed E-state index contributed by atoms with van der Waals surface area (Å²) in [5.41, 5.74) is 0. The van der Waals surface area contributed by atoms with Crippen LogP contribution in [0.4, 0.5) is 0 Å². The van der Waals surface area contributed by atoms with Gasteiger partial charge in [-0.15, -0.1) is 0 Å². The molecule has 0 spiro atoms. The molecule has 70 valence electrons. The topological polar surface area (TPSA) is 50.2 Å². The summed E-state index contributed by atoms with van der Waals surface area (Å²) in [4.78, 5) is 0. The number of aliphatic hydroxyl groups excluding tert-OH is 1. The highest BCUT2D eigenvalue weighted by atomic mass is 16.3. The smallest absolute Gasteiger partial charge is 0.0806 e. The number of quaternary nitrogens is 1. The molecule has 0 aromatic rings. The van der Waals surface area contributed by atoms with Gasteiger partial charge < -0.3 is 15.1 Å². The molecule has 0 aromatic carbocycles. The maximum atomic E-state index is 8.61. The van der Waals surface area contributed by atoms with Crippen LogP contribution in [0, 0.1) is 0 Å². The first-order chi connectivity index (χ1) is 4.68. The molecule has 3 heteroatoms. The van der Waals surface area contributed by atoms with E-state index in [1.165, 1.54) is 0 Å². The maximum Gasteiger partial charge on any atom is 0.0806 e. The van der Waals surface area contributed by atoms with E-state index in [9.17, 15) is 0 Å². The summed E-state index contributed by atoms with van der Waals surface area (Å²) in [5.74, 6) is 0. The molecule has 0 aromatic heterocycles. The van der Waals surface area contributed by atoms with Gasteiger partial charge in [0.15, 0.2) is 0 Å². The van der Waals surface area contributed by atoms with Crippen LogP contribution in [0.25, 0.3) is 0 Å². The molecule has 0 radical (unpaired) electrons. The van der Waals surface area contributed by atoms with Crippen molar-refractivity contribution in [1.29, 1.82) is 0 Å². The van der Waals surface area contributed by atoms with Crippen LogP contribution in [0.3, 0.4) is 0 Å². The highest BCUT2D eigenvalue weighted by molar-refractivity contribution is 4.35. The average Bonchev–Trinajstić information content (AvgIpc) is 2.00. The van der Waals surface area contributed by atoms with Crippen LogP contribution in [-0.2, 0) is 0 Å². The highest BCUT2D eigenvalue weighted by Crippen LogP contribution is 2.01. The van der Waals surface area contributed by atoms with Crippen molar-refractivity contribution in [1.82, 2.24) is 0 Å². The minimum atomic E-state index is 0. The van der Waals surface area contributed by atoms with E-state index in [0.717, 1.165) is 30.5 Å². The average molecular weight is 163 g/mol. The fourth-order valence-electron chi connectivity index (χ4n) is 0.992. The van der Waals surface area contributed by atoms with Gasteiger partial charge in [-0.3, -0.25) is 0 Å². The molecule has 0 unspecified atom stereocenters. The monoisotopic (exact) mass is 163 g/mol. The van der Waals surface area contributed by atoms with E-state index in [1.807, 2.05) is 0 Å². The highest BCUT2D eigenvalue weighted by Gasteiger charge is 2.14. The molecule has 0 amide bonds. The van der Waals surface area contributed by atoms with E-state index in [0.29, 0.717) is 6.61 Å². The largest absolute Gasteiger partial charge is 0.870 e. The molecule has 0 fully saturated rings. The van der Waals surface area contributed by atoms with Gasteiger partial charge in [0.25, 0.3) is 0 Å². The van der Waals surface area contributed by atoms with Gasteiger partial charge in [0.1, 0.15) is 0 Å². The van der Waals surface area contributed by atoms with Crippen molar-refractivity contribution in [2.45, 2.75) is 20.3 Å². The molecular formula is C8H21NO2. The van der Waals surface area contributed by atoms with Crippen LogP contribution in [-0.4, -0.2) is 48.4 Å². The summed E-state index contributed by atoms with van der Waals surface area (Å²) >= 11 is 0. The van der Waals surface area contributed by atoms with E-state index < -0.39 is 0 Å². The summed E-state index contributed by atoms with van der Waals surface area (Å²) in [5, 5.41) is 8.61. The molecule has 0 aliphatic carbocycles. The van der Waals surface area contributed by atoms with Crippen LogP contribution in [0.15, 0.2) is 0 Å². The Morgan fingerprint density at radius 3 is 1.91 bits per heavy atom. The minimum absolute atomic E-state index is 0. The van der Waals surface area contributed by atoms with Crippen LogP contribution in [0.1, 0.15) is 20.3 Å². The second-order valence-electron chi connectivity index (χ2n) is 3.05. The first kappa shape index (κ1) is 13.5. The van der Waals surface area contributed by atoms with Gasteiger partial charge in [0.05, 0.1) is 26.7 Å². The Balaban J connectivity index is 0. The Kier molecular flexibility index (Phi) is 8.06. The standard InChI is InChI=1S/C8H20NO.H2O/c1-4-9(3,5-2)7-6-8-10;/h10H,4-8H2,1-3H3;1H2/q+1;/p-1. The lowest BCUT2D eigenvalue weighted by Gasteiger charge is -2.31. The van der Waals surface area contributed by atoms with Crippen LogP contribution < -0.4 is 0 Å². The van der Waals surface area contributed by atoms with Gasteiger partial charge in [-0.05, 0) is 13.8 Å². The van der Waals surface area contributed by atoms with Gasteiger partial charge in [-0.1, -0.05) is 0 Å². The molecule has 0 rings (SSSR count). The molecule has 0 aliphatic rings. The van der Waals surface area contributed by atoms with E-state index in [1.54, 1.807) is 0 Å². The number of hydrogen-bond acceptors (Lipinski definition) is 2. The first-order valence-electron chi connectivity index (χ1n) is 4.13. The fourth-order valence-corrected chi connectivity index (χ4v) is 0.992. The quantitative estimate of drug-likeness (QED) is 0.606. The SMILES string of the molecule is CC[N+](C)(CC)CCCO.[OH-]. The molecule has 3 nitrogen and oxygen atoms in total. The molecule has 0 saturated carbocycles. The zero-order valence-corrected chi connectivity index (χ0v) is 7.88. The third-order valence-corrected chi connectivity index (χ3v) is 2.38. The van der Waals surface area contributed by atoms with Crippen molar-refractivity contribution in [2.75, 3.05) is 33.3 Å². The van der Waals surface area contributed by atoms with Crippen molar-refractivity contribution in [3.05, 3.63) is 0 Å². The maximum absolute atomic E-state index is 8.61. The van der Waals surface area contributed by atoms with Crippen molar-refractivity contribution >= 4 is 0 Å². The normalized spacial score (nSPS) is 10.9. The third-order valence-electron chi connectivity index (χ3n) is 2.38. The Morgan fingerprint density at radius 2 is 1.64 bits per heavy atom. The lowest BCUT2D eigenvalue weighted by Crippen LogP contribution is -2.44. The predicted octanol–water partition coefficient (Wildman–Crippen LogP) is 0.678. The Labute approximate surface area is 69.5 Å². The van der Waals surface area contributed by atoms with Gasteiger partial charge >= 0.3 is 0 Å². The van der Waals surface area contributed by atoms with E-state index in [4.69, 9.17) is 5.11 Å². The molecule has 0 heterocycles. The second-order valence-corrected chi connectivity index (χ2v) is 3.05. The molecule has 2 N–H and O–H groups in total. The lowest BCUT2D eigenvalue weighted by atomic mass is 10.3. The molecular weight excluding hydrogens is 142 g/mol. The Bertz CT molecular complexity index is 82.2. The zero-order valence-electron chi connectivity index (χ0n) is 7.88. The van der Waals surface area contributed by atoms with Crippen molar-refractivity contribution in [3.63, 3.8) is 0 Å². The van der Waals surface area contributed by atoms with Crippen LogP contribution in [0.5, 0.6) is 0 Å². The van der Waals surface area contributed by atoms with Crippen LogP contribution in [0.2, 0.25) is 0 Å². The summed E-state index contributed by atoms with van der Waals surface area (Å²) in [6.45, 7) is 8.14. The Morgan fingerprint density at radius 1 is 1.18 bits per heavy atom. The molecule has 0 atom stereocenters. The van der Waals surface area contributed by atoms with Crippen molar-refractivity contribution < 1.29 is 15.1 Å². The second kappa shape index (κ2) is 6.58. The number of nitrogens with zero attached hydrogens (tertiary/aromatic N) is 1. The lowest BCUT2D eigenvalue weighted by molar-refractivity contribution is -0.906. The first-order valence-corrected chi connectivity index (χ1v) is 4.13. The molecule has 0 bridgehead atoms. The van der Waals surface area contributed by atoms with Gasteiger partial charge in [0.2, 0.25) is 0 Å². The molecule has 0 aliphatic heterocycles. The number of rotatable bonds is 5. The van der Waals surface area contributed by atoms with E-state index in [2.05, 4.69) is 20.9 Å². The summed E-state index contributed by atoms with van der Waals surface area (Å²) in [6, 6.07) is 0. The molecule has 0 saturated heterocycles. The molecule has 11 heavy (non-hydrogen) atoms. The van der Waals surface area contributed by atoms with Gasteiger partial charge in [-0.25, -0.2) is 0 Å². The number of aliphatic hydroxyl groups is 1. The summed E-state index contributed by atoms with van der Waals surface area (Å²) in [6.07, 6.45) is 0.929. The van der Waals surface area contributed by atoms with Gasteiger partial charge in [0, 0.05) is 13.0 Å². The minimum Gasteiger partial charge on any atom is -0.870 e. The third kappa shape index (κ3) is 5.18. The van der Waals surface area contributed by atoms with Crippen molar-refractivity contribution in [3.8, 4) is 0 Å². The fraction of sp³-hybridized carbons (Fsp3) is 1.00. The van der Waals surface area contributed by atoms with Gasteiger partial charge in [-0.2, -0.15) is 0 Å². The van der Waals surface area contributed by atoms with Crippen LogP contribution >= 0.6 is 0 Å². The zero-order chi connectivity index (χ0) is 8.04. The predicted molar refractivity (Wildman–Crippen MR) is 45.8 cm³/mol. The summed E-state index contributed by atoms with van der Waals surface area (Å²) < 4.78 is 1.08. The summed E-state index contributed by atoms with van der Waals surface area (Å²) in [7, 11) is 2.23.